The lowest BCUT2D eigenvalue weighted by molar-refractivity contribution is -0.385. The molecule has 1 fully saturated rings. The average Bonchev–Trinajstić information content (AvgIpc) is 3.20. The zero-order valence-corrected chi connectivity index (χ0v) is 11.1. The Labute approximate surface area is 115 Å². The van der Waals surface area contributed by atoms with Gasteiger partial charge in [0.25, 0.3) is 5.69 Å². The second kappa shape index (κ2) is 6.15. The highest BCUT2D eigenvalue weighted by Gasteiger charge is 2.22. The Morgan fingerprint density at radius 2 is 2.30 bits per heavy atom. The quantitative estimate of drug-likeness (QED) is 0.586. The van der Waals surface area contributed by atoms with Gasteiger partial charge in [-0.25, -0.2) is 4.39 Å². The van der Waals surface area contributed by atoms with Crippen LogP contribution >= 0.6 is 0 Å². The van der Waals surface area contributed by atoms with E-state index < -0.39 is 16.8 Å². The van der Waals surface area contributed by atoms with Gasteiger partial charge in [0, 0.05) is 18.2 Å². The van der Waals surface area contributed by atoms with Crippen molar-refractivity contribution in [3.63, 3.8) is 0 Å². The van der Waals surface area contributed by atoms with Gasteiger partial charge in [0.2, 0.25) is 0 Å². The van der Waals surface area contributed by atoms with E-state index in [-0.39, 0.29) is 18.0 Å². The largest absolute Gasteiger partial charge is 0.488 e. The molecule has 0 heterocycles. The predicted molar refractivity (Wildman–Crippen MR) is 70.3 cm³/mol. The van der Waals surface area contributed by atoms with Gasteiger partial charge >= 0.3 is 0 Å². The van der Waals surface area contributed by atoms with Gasteiger partial charge in [0.1, 0.15) is 12.7 Å². The first-order valence-electron chi connectivity index (χ1n) is 6.46. The summed E-state index contributed by atoms with van der Waals surface area (Å²) in [5.74, 6) is -0.886. The molecule has 0 aliphatic heterocycles. The van der Waals surface area contributed by atoms with E-state index in [4.69, 9.17) is 4.74 Å². The molecule has 0 amide bonds. The molecule has 1 aromatic rings. The summed E-state index contributed by atoms with van der Waals surface area (Å²) < 4.78 is 18.8. The number of rotatable bonds is 7. The molecule has 0 spiro atoms. The van der Waals surface area contributed by atoms with E-state index in [1.54, 1.807) is 0 Å². The minimum absolute atomic E-state index is 0.0616. The van der Waals surface area contributed by atoms with Gasteiger partial charge in [-0.15, -0.1) is 0 Å². The van der Waals surface area contributed by atoms with Crippen LogP contribution in [0.4, 0.5) is 10.1 Å². The second-order valence-electron chi connectivity index (χ2n) is 4.97. The van der Waals surface area contributed by atoms with Gasteiger partial charge in [-0.3, -0.25) is 10.1 Å². The number of hydrogen-bond donors (Lipinski definition) is 2. The standard InChI is InChI=1S/C13H17FN2O4/c1-8-4-13(11(14)5-12(8)16(18)19)20-7-10(17)6-15-9-2-3-9/h4-5,9-10,15,17H,2-3,6-7H2,1H3. The number of nitrogens with zero attached hydrogens (tertiary/aromatic N) is 1. The highest BCUT2D eigenvalue weighted by molar-refractivity contribution is 5.45. The Morgan fingerprint density at radius 1 is 1.60 bits per heavy atom. The Kier molecular flexibility index (Phi) is 4.51. The summed E-state index contributed by atoms with van der Waals surface area (Å²) in [5, 5.41) is 23.5. The van der Waals surface area contributed by atoms with Gasteiger partial charge in [-0.1, -0.05) is 0 Å². The zero-order valence-electron chi connectivity index (χ0n) is 11.1. The van der Waals surface area contributed by atoms with Crippen LogP contribution in [0.5, 0.6) is 5.75 Å². The number of benzene rings is 1. The number of aliphatic hydroxyl groups is 1. The molecule has 1 aliphatic carbocycles. The molecule has 1 aliphatic rings. The second-order valence-corrected chi connectivity index (χ2v) is 4.97. The van der Waals surface area contributed by atoms with Crippen molar-refractivity contribution in [2.75, 3.05) is 13.2 Å². The average molecular weight is 284 g/mol. The van der Waals surface area contributed by atoms with E-state index in [9.17, 15) is 19.6 Å². The third-order valence-electron chi connectivity index (χ3n) is 3.10. The van der Waals surface area contributed by atoms with Crippen molar-refractivity contribution < 1.29 is 19.2 Å². The molecule has 6 nitrogen and oxygen atoms in total. The third-order valence-corrected chi connectivity index (χ3v) is 3.10. The van der Waals surface area contributed by atoms with Crippen molar-refractivity contribution in [1.82, 2.24) is 5.32 Å². The summed E-state index contributed by atoms with van der Waals surface area (Å²) in [6.45, 7) is 1.83. The monoisotopic (exact) mass is 284 g/mol. The number of nitro groups is 1. The van der Waals surface area contributed by atoms with Crippen LogP contribution < -0.4 is 10.1 Å². The molecule has 2 N–H and O–H groups in total. The van der Waals surface area contributed by atoms with Crippen molar-refractivity contribution >= 4 is 5.69 Å². The van der Waals surface area contributed by atoms with Gasteiger partial charge in [-0.2, -0.15) is 0 Å². The number of nitro benzene ring substituents is 1. The lowest BCUT2D eigenvalue weighted by Crippen LogP contribution is -2.32. The Balaban J connectivity index is 1.91. The van der Waals surface area contributed by atoms with Crippen LogP contribution in [0, 0.1) is 22.9 Å². The van der Waals surface area contributed by atoms with Crippen LogP contribution in [-0.4, -0.2) is 35.3 Å². The molecule has 1 saturated carbocycles. The highest BCUT2D eigenvalue weighted by atomic mass is 19.1. The predicted octanol–water partition coefficient (Wildman–Crippen LogP) is 1.53. The Morgan fingerprint density at radius 3 is 2.90 bits per heavy atom. The van der Waals surface area contributed by atoms with Gasteiger partial charge < -0.3 is 15.2 Å². The summed E-state index contributed by atoms with van der Waals surface area (Å²) in [6.07, 6.45) is 1.48. The summed E-state index contributed by atoms with van der Waals surface area (Å²) in [7, 11) is 0. The normalized spacial score (nSPS) is 15.9. The number of aryl methyl sites for hydroxylation is 1. The first-order chi connectivity index (χ1) is 9.47. The summed E-state index contributed by atoms with van der Waals surface area (Å²) in [6, 6.07) is 2.58. The van der Waals surface area contributed by atoms with E-state index in [1.807, 2.05) is 0 Å². The maximum absolute atomic E-state index is 13.6. The number of halogens is 1. The SMILES string of the molecule is Cc1cc(OCC(O)CNC2CC2)c(F)cc1[N+](=O)[O-]. The fraction of sp³-hybridized carbons (Fsp3) is 0.538. The zero-order chi connectivity index (χ0) is 14.7. The maximum Gasteiger partial charge on any atom is 0.275 e. The summed E-state index contributed by atoms with van der Waals surface area (Å²) in [4.78, 5) is 10.0. The van der Waals surface area contributed by atoms with E-state index in [0.717, 1.165) is 18.9 Å². The smallest absolute Gasteiger partial charge is 0.275 e. The fourth-order valence-electron chi connectivity index (χ4n) is 1.79. The molecule has 1 aromatic carbocycles. The molecule has 0 aromatic heterocycles. The number of nitrogens with one attached hydrogen (secondary N) is 1. The highest BCUT2D eigenvalue weighted by Crippen LogP contribution is 2.27. The molecular weight excluding hydrogens is 267 g/mol. The van der Waals surface area contributed by atoms with Crippen molar-refractivity contribution in [1.29, 1.82) is 0 Å². The molecule has 1 atom stereocenters. The first kappa shape index (κ1) is 14.7. The van der Waals surface area contributed by atoms with Crippen LogP contribution in [0.2, 0.25) is 0 Å². The maximum atomic E-state index is 13.6. The van der Waals surface area contributed by atoms with Crippen LogP contribution in [-0.2, 0) is 0 Å². The third kappa shape index (κ3) is 3.88. The van der Waals surface area contributed by atoms with E-state index >= 15 is 0 Å². The Bertz CT molecular complexity index is 505. The first-order valence-corrected chi connectivity index (χ1v) is 6.46. The van der Waals surface area contributed by atoms with Crippen LogP contribution in [0.15, 0.2) is 12.1 Å². The lowest BCUT2D eigenvalue weighted by atomic mass is 10.2. The molecule has 110 valence electrons. The van der Waals surface area contributed by atoms with E-state index in [1.165, 1.54) is 13.0 Å². The molecule has 0 bridgehead atoms. The van der Waals surface area contributed by atoms with Crippen LogP contribution in [0.25, 0.3) is 0 Å². The molecule has 0 radical (unpaired) electrons. The number of ether oxygens (including phenoxy) is 1. The molecule has 20 heavy (non-hydrogen) atoms. The minimum atomic E-state index is -0.801. The molecular formula is C13H17FN2O4. The van der Waals surface area contributed by atoms with Crippen LogP contribution in [0.3, 0.4) is 0 Å². The number of hydrogen-bond acceptors (Lipinski definition) is 5. The lowest BCUT2D eigenvalue weighted by Gasteiger charge is -2.13. The number of aliphatic hydroxyl groups excluding tert-OH is 1. The molecule has 1 unspecified atom stereocenters. The summed E-state index contributed by atoms with van der Waals surface area (Å²) in [5.41, 5.74) is 0.0304. The Hall–Kier alpha value is -1.73. The molecule has 0 saturated heterocycles. The minimum Gasteiger partial charge on any atom is -0.488 e. The summed E-state index contributed by atoms with van der Waals surface area (Å²) >= 11 is 0. The van der Waals surface area contributed by atoms with Crippen LogP contribution in [0.1, 0.15) is 18.4 Å². The fourth-order valence-corrected chi connectivity index (χ4v) is 1.79. The van der Waals surface area contributed by atoms with E-state index in [2.05, 4.69) is 5.32 Å². The van der Waals surface area contributed by atoms with Crippen molar-refractivity contribution in [3.8, 4) is 5.75 Å². The van der Waals surface area contributed by atoms with Gasteiger partial charge in [0.05, 0.1) is 11.0 Å². The van der Waals surface area contributed by atoms with Gasteiger partial charge in [0.15, 0.2) is 11.6 Å². The van der Waals surface area contributed by atoms with Gasteiger partial charge in [-0.05, 0) is 25.8 Å². The van der Waals surface area contributed by atoms with E-state index in [0.29, 0.717) is 18.2 Å². The van der Waals surface area contributed by atoms with Crippen molar-refractivity contribution in [3.05, 3.63) is 33.6 Å². The topological polar surface area (TPSA) is 84.6 Å². The van der Waals surface area contributed by atoms with Crippen molar-refractivity contribution in [2.45, 2.75) is 31.9 Å². The molecule has 7 heteroatoms. The van der Waals surface area contributed by atoms with Crippen molar-refractivity contribution in [2.24, 2.45) is 0 Å². The molecule has 2 rings (SSSR count).